The summed E-state index contributed by atoms with van der Waals surface area (Å²) in [5.41, 5.74) is 4.22. The van der Waals surface area contributed by atoms with Crippen molar-refractivity contribution in [3.63, 3.8) is 0 Å². The highest BCUT2D eigenvalue weighted by atomic mass is 35.5. The lowest BCUT2D eigenvalue weighted by Crippen LogP contribution is -2.33. The fraction of sp³-hybridized carbons (Fsp3) is 0.0833. The molecule has 8 heteroatoms. The summed E-state index contributed by atoms with van der Waals surface area (Å²) in [7, 11) is 0. The van der Waals surface area contributed by atoms with Gasteiger partial charge in [0.05, 0.1) is 12.1 Å². The summed E-state index contributed by atoms with van der Waals surface area (Å²) in [5, 5.41) is 8.95. The van der Waals surface area contributed by atoms with E-state index < -0.39 is 0 Å². The van der Waals surface area contributed by atoms with Crippen LogP contribution in [0, 0.1) is 0 Å². The highest BCUT2D eigenvalue weighted by Gasteiger charge is 2.19. The van der Waals surface area contributed by atoms with Crippen LogP contribution in [0.2, 0.25) is 5.02 Å². The van der Waals surface area contributed by atoms with E-state index in [1.807, 2.05) is 72.8 Å². The molecule has 2 heterocycles. The number of aromatic amines is 1. The average Bonchev–Trinajstić information content (AvgIpc) is 3.49. The minimum absolute atomic E-state index is 0.0705. The van der Waals surface area contributed by atoms with E-state index in [-0.39, 0.29) is 12.5 Å². The van der Waals surface area contributed by atoms with E-state index in [1.165, 1.54) is 0 Å². The Morgan fingerprint density at radius 3 is 2.66 bits per heavy atom. The van der Waals surface area contributed by atoms with Crippen molar-refractivity contribution in [3.8, 4) is 11.4 Å². The van der Waals surface area contributed by atoms with Gasteiger partial charge in [-0.15, -0.1) is 5.10 Å². The Morgan fingerprint density at radius 1 is 1.03 bits per heavy atom. The minimum atomic E-state index is -0.105. The average molecular weight is 443 g/mol. The van der Waals surface area contributed by atoms with E-state index in [4.69, 9.17) is 11.6 Å². The second kappa shape index (κ2) is 8.64. The number of aromatic nitrogens is 5. The molecule has 7 nitrogen and oxygen atoms in total. The molecule has 5 aromatic rings. The molecule has 0 saturated heterocycles. The van der Waals surface area contributed by atoms with Gasteiger partial charge in [-0.1, -0.05) is 41.1 Å². The van der Waals surface area contributed by atoms with E-state index in [2.05, 4.69) is 20.3 Å². The fourth-order valence-corrected chi connectivity index (χ4v) is 3.82. The number of benzene rings is 3. The van der Waals surface area contributed by atoms with Crippen LogP contribution < -0.4 is 4.90 Å². The van der Waals surface area contributed by atoms with Crippen molar-refractivity contribution in [2.24, 2.45) is 0 Å². The largest absolute Gasteiger partial charge is 0.345 e. The number of para-hydroxylation sites is 1. The quantitative estimate of drug-likeness (QED) is 0.413. The highest BCUT2D eigenvalue weighted by Crippen LogP contribution is 2.24. The Hall–Kier alpha value is -3.97. The first-order valence-electron chi connectivity index (χ1n) is 10.1. The molecule has 0 saturated carbocycles. The van der Waals surface area contributed by atoms with E-state index in [0.717, 1.165) is 33.7 Å². The van der Waals surface area contributed by atoms with Gasteiger partial charge in [0.25, 0.3) is 0 Å². The molecule has 0 unspecified atom stereocenters. The van der Waals surface area contributed by atoms with Gasteiger partial charge in [0.2, 0.25) is 5.91 Å². The lowest BCUT2D eigenvalue weighted by molar-refractivity contribution is -0.119. The molecule has 0 spiro atoms. The van der Waals surface area contributed by atoms with Gasteiger partial charge in [-0.2, -0.15) is 0 Å². The number of amides is 1. The van der Waals surface area contributed by atoms with Crippen LogP contribution in [0.1, 0.15) is 5.56 Å². The minimum Gasteiger partial charge on any atom is -0.345 e. The Bertz CT molecular complexity index is 1360. The summed E-state index contributed by atoms with van der Waals surface area (Å²) in [6.07, 6.45) is 3.49. The third-order valence-corrected chi connectivity index (χ3v) is 5.42. The van der Waals surface area contributed by atoms with Crippen molar-refractivity contribution in [1.29, 1.82) is 0 Å². The maximum absolute atomic E-state index is 13.4. The number of fused-ring (bicyclic) bond motifs is 1. The summed E-state index contributed by atoms with van der Waals surface area (Å²) in [5.74, 6) is 0.671. The van der Waals surface area contributed by atoms with Crippen molar-refractivity contribution in [2.75, 3.05) is 4.90 Å². The van der Waals surface area contributed by atoms with Crippen LogP contribution in [0.4, 0.5) is 5.69 Å². The third kappa shape index (κ3) is 4.10. The zero-order chi connectivity index (χ0) is 21.9. The topological polar surface area (TPSA) is 79.7 Å². The van der Waals surface area contributed by atoms with Gasteiger partial charge in [-0.3, -0.25) is 4.79 Å². The predicted octanol–water partition coefficient (Wildman–Crippen LogP) is 4.71. The number of halogens is 1. The number of nitrogens with one attached hydrogen (secondary N) is 1. The zero-order valence-electron chi connectivity index (χ0n) is 17.0. The van der Waals surface area contributed by atoms with Crippen LogP contribution in [-0.4, -0.2) is 30.9 Å². The maximum Gasteiger partial charge on any atom is 0.249 e. The smallest absolute Gasteiger partial charge is 0.249 e. The normalized spacial score (nSPS) is 11.0. The van der Waals surface area contributed by atoms with Gasteiger partial charge in [-0.05, 0) is 54.1 Å². The molecule has 1 amide bonds. The van der Waals surface area contributed by atoms with Gasteiger partial charge >= 0.3 is 0 Å². The number of anilines is 1. The van der Waals surface area contributed by atoms with Gasteiger partial charge in [0.15, 0.2) is 0 Å². The second-order valence-corrected chi connectivity index (χ2v) is 7.77. The van der Waals surface area contributed by atoms with Gasteiger partial charge in [0, 0.05) is 28.7 Å². The molecule has 0 aliphatic heterocycles. The Morgan fingerprint density at radius 2 is 1.88 bits per heavy atom. The summed E-state index contributed by atoms with van der Waals surface area (Å²) in [6.45, 7) is 0.452. The number of rotatable bonds is 6. The molecule has 158 valence electrons. The number of hydrogen-bond donors (Lipinski definition) is 1. The summed E-state index contributed by atoms with van der Waals surface area (Å²) in [4.78, 5) is 22.5. The summed E-state index contributed by atoms with van der Waals surface area (Å²) in [6, 6.07) is 22.8. The number of carbonyl (C=O) groups is 1. The Balaban J connectivity index is 1.46. The molecular weight excluding hydrogens is 424 g/mol. The van der Waals surface area contributed by atoms with Gasteiger partial charge in [0.1, 0.15) is 17.9 Å². The van der Waals surface area contributed by atoms with Crippen LogP contribution in [0.15, 0.2) is 85.2 Å². The Labute approximate surface area is 189 Å². The maximum atomic E-state index is 13.4. The van der Waals surface area contributed by atoms with Crippen molar-refractivity contribution >= 4 is 34.2 Å². The summed E-state index contributed by atoms with van der Waals surface area (Å²) >= 11 is 6.18. The molecule has 32 heavy (non-hydrogen) atoms. The molecule has 0 fully saturated rings. The first-order valence-corrected chi connectivity index (χ1v) is 10.5. The molecule has 0 radical (unpaired) electrons. The van der Waals surface area contributed by atoms with Crippen LogP contribution in [0.5, 0.6) is 0 Å². The molecular formula is C24H19ClN6O. The second-order valence-electron chi connectivity index (χ2n) is 7.33. The first kappa shape index (κ1) is 20.0. The van der Waals surface area contributed by atoms with Crippen molar-refractivity contribution in [1.82, 2.24) is 25.0 Å². The number of nitrogens with zero attached hydrogens (tertiary/aromatic N) is 5. The van der Waals surface area contributed by atoms with E-state index in [1.54, 1.807) is 22.0 Å². The molecule has 0 bridgehead atoms. The zero-order valence-corrected chi connectivity index (χ0v) is 17.8. The number of hydrogen-bond acceptors (Lipinski definition) is 4. The van der Waals surface area contributed by atoms with Gasteiger partial charge in [-0.25, -0.2) is 9.67 Å². The lowest BCUT2D eigenvalue weighted by atomic mass is 10.1. The van der Waals surface area contributed by atoms with Crippen LogP contribution in [-0.2, 0) is 17.9 Å². The highest BCUT2D eigenvalue weighted by molar-refractivity contribution is 6.30. The lowest BCUT2D eigenvalue weighted by Gasteiger charge is -2.23. The Kier molecular flexibility index (Phi) is 5.39. The first-order chi connectivity index (χ1) is 15.7. The standard InChI is InChI=1S/C24H19ClN6O/c25-19-5-3-4-17(14-19)15-30(20-10-8-18(9-11-20)24-26-12-13-27-24)23(32)16-31-22-7-2-1-6-21(22)28-29-31/h1-14H,15-16H2,(H,26,27). The molecule has 5 rings (SSSR count). The van der Waals surface area contributed by atoms with Crippen molar-refractivity contribution in [2.45, 2.75) is 13.1 Å². The third-order valence-electron chi connectivity index (χ3n) is 5.19. The van der Waals surface area contributed by atoms with Crippen LogP contribution in [0.25, 0.3) is 22.4 Å². The predicted molar refractivity (Wildman–Crippen MR) is 124 cm³/mol. The fourth-order valence-electron chi connectivity index (χ4n) is 3.61. The van der Waals surface area contributed by atoms with E-state index in [9.17, 15) is 4.79 Å². The molecule has 0 aliphatic rings. The number of imidazole rings is 1. The van der Waals surface area contributed by atoms with Crippen LogP contribution >= 0.6 is 11.6 Å². The molecule has 3 aromatic carbocycles. The molecule has 0 aliphatic carbocycles. The van der Waals surface area contributed by atoms with Crippen molar-refractivity contribution in [3.05, 3.63) is 95.8 Å². The SMILES string of the molecule is O=C(Cn1nnc2ccccc21)N(Cc1cccc(Cl)c1)c1ccc(-c2ncc[nH]2)cc1. The molecule has 2 aromatic heterocycles. The molecule has 1 N–H and O–H groups in total. The monoisotopic (exact) mass is 442 g/mol. The van der Waals surface area contributed by atoms with Gasteiger partial charge < -0.3 is 9.88 Å². The van der Waals surface area contributed by atoms with E-state index >= 15 is 0 Å². The number of carbonyl (C=O) groups excluding carboxylic acids is 1. The number of H-pyrrole nitrogens is 1. The van der Waals surface area contributed by atoms with Crippen molar-refractivity contribution < 1.29 is 4.79 Å². The van der Waals surface area contributed by atoms with Crippen LogP contribution in [0.3, 0.4) is 0 Å². The summed E-state index contributed by atoms with van der Waals surface area (Å²) < 4.78 is 1.62. The van der Waals surface area contributed by atoms with E-state index in [0.29, 0.717) is 11.6 Å². The molecule has 0 atom stereocenters.